The lowest BCUT2D eigenvalue weighted by Crippen LogP contribution is -2.13. The van der Waals surface area contributed by atoms with E-state index in [0.29, 0.717) is 9.90 Å². The third-order valence-corrected chi connectivity index (χ3v) is 5.23. The molecule has 0 saturated heterocycles. The van der Waals surface area contributed by atoms with E-state index in [1.807, 2.05) is 0 Å². The smallest absolute Gasteiger partial charge is 0.369 e. The van der Waals surface area contributed by atoms with Crippen molar-refractivity contribution in [3.63, 3.8) is 0 Å². The van der Waals surface area contributed by atoms with Crippen LogP contribution in [0.3, 0.4) is 0 Å². The summed E-state index contributed by atoms with van der Waals surface area (Å²) in [6, 6.07) is 4.12. The number of anilines is 1. The maximum atomic E-state index is 12.7. The molecule has 0 spiro atoms. The first-order valence-corrected chi connectivity index (χ1v) is 8.34. The molecule has 0 atom stereocenters. The normalized spacial score (nSPS) is 11.3. The molecule has 0 bridgehead atoms. The molecule has 1 aromatic heterocycles. The maximum Gasteiger partial charge on any atom is 0.416 e. The van der Waals surface area contributed by atoms with Crippen LogP contribution in [0.4, 0.5) is 18.3 Å². The highest BCUT2D eigenvalue weighted by Gasteiger charge is 2.31. The Labute approximate surface area is 143 Å². The average Bonchev–Trinajstić information content (AvgIpc) is 2.84. The number of rotatable bonds is 5. The fourth-order valence-corrected chi connectivity index (χ4v) is 3.58. The Bertz CT molecular complexity index is 775. The molecule has 128 valence electrons. The second kappa shape index (κ2) is 7.22. The van der Waals surface area contributed by atoms with Crippen LogP contribution in [0, 0.1) is 6.92 Å². The summed E-state index contributed by atoms with van der Waals surface area (Å²) < 4.78 is 38.7. The van der Waals surface area contributed by atoms with Gasteiger partial charge in [0.15, 0.2) is 5.13 Å². The first kappa shape index (κ1) is 18.3. The highest BCUT2D eigenvalue weighted by molar-refractivity contribution is 8.01. The topological polar surface area (TPSA) is 85.1 Å². The number of nitrogens with zero attached hydrogens (tertiary/aromatic N) is 1. The number of halogens is 3. The fraction of sp³-hybridized carbons (Fsp3) is 0.214. The van der Waals surface area contributed by atoms with Gasteiger partial charge in [-0.25, -0.2) is 4.98 Å². The summed E-state index contributed by atoms with van der Waals surface area (Å²) in [7, 11) is 0. The van der Waals surface area contributed by atoms with Crippen LogP contribution >= 0.6 is 23.1 Å². The molecule has 0 radical (unpaired) electrons. The van der Waals surface area contributed by atoms with Crippen molar-refractivity contribution < 1.29 is 22.8 Å². The van der Waals surface area contributed by atoms with Gasteiger partial charge in [-0.05, 0) is 25.1 Å². The van der Waals surface area contributed by atoms with Crippen molar-refractivity contribution in [1.29, 1.82) is 0 Å². The van der Waals surface area contributed by atoms with Gasteiger partial charge in [-0.15, -0.1) is 11.8 Å². The predicted molar refractivity (Wildman–Crippen MR) is 86.2 cm³/mol. The molecule has 0 fully saturated rings. The number of primary amides is 1. The van der Waals surface area contributed by atoms with Gasteiger partial charge in [0.05, 0.1) is 21.2 Å². The molecular formula is C14H12F3N3O2S2. The Kier molecular flexibility index (Phi) is 5.50. The number of thioether (sulfide) groups is 1. The molecular weight excluding hydrogens is 363 g/mol. The zero-order valence-corrected chi connectivity index (χ0v) is 13.9. The second-order valence-corrected chi connectivity index (χ2v) is 6.92. The first-order chi connectivity index (χ1) is 11.2. The predicted octanol–water partition coefficient (Wildman–Crippen LogP) is 3.30. The Morgan fingerprint density at radius 2 is 2.08 bits per heavy atom. The summed E-state index contributed by atoms with van der Waals surface area (Å²) in [5.41, 5.74) is 4.65. The van der Waals surface area contributed by atoms with E-state index in [9.17, 15) is 22.8 Å². The number of thiazole rings is 1. The van der Waals surface area contributed by atoms with E-state index >= 15 is 0 Å². The lowest BCUT2D eigenvalue weighted by atomic mass is 10.1. The quantitative estimate of drug-likeness (QED) is 0.786. The van der Waals surface area contributed by atoms with Gasteiger partial charge in [0.1, 0.15) is 0 Å². The molecule has 0 aliphatic carbocycles. The van der Waals surface area contributed by atoms with Crippen molar-refractivity contribution >= 4 is 40.0 Å². The van der Waals surface area contributed by atoms with E-state index < -0.39 is 23.6 Å². The molecule has 0 saturated carbocycles. The monoisotopic (exact) mass is 375 g/mol. The largest absolute Gasteiger partial charge is 0.416 e. The number of aryl methyl sites for hydroxylation is 1. The van der Waals surface area contributed by atoms with E-state index in [4.69, 9.17) is 5.73 Å². The van der Waals surface area contributed by atoms with Crippen LogP contribution in [0.25, 0.3) is 0 Å². The molecule has 0 aliphatic rings. The van der Waals surface area contributed by atoms with Gasteiger partial charge in [0, 0.05) is 5.56 Å². The summed E-state index contributed by atoms with van der Waals surface area (Å²) in [6.45, 7) is 1.69. The van der Waals surface area contributed by atoms with Gasteiger partial charge in [0.2, 0.25) is 5.91 Å². The first-order valence-electron chi connectivity index (χ1n) is 6.54. The summed E-state index contributed by atoms with van der Waals surface area (Å²) in [5.74, 6) is -1.10. The van der Waals surface area contributed by atoms with E-state index in [1.54, 1.807) is 6.92 Å². The van der Waals surface area contributed by atoms with Crippen molar-refractivity contribution in [2.24, 2.45) is 5.73 Å². The summed E-state index contributed by atoms with van der Waals surface area (Å²) in [6.07, 6.45) is -4.52. The molecule has 3 N–H and O–H groups in total. The number of nitrogens with one attached hydrogen (secondary N) is 1. The number of amides is 2. The lowest BCUT2D eigenvalue weighted by Gasteiger charge is -2.08. The molecule has 24 heavy (non-hydrogen) atoms. The standard InChI is InChI=1S/C14H12F3N3O2S2/c1-7-12(23-6-10(18)21)24-13(19-7)20-11(22)8-3-2-4-9(5-8)14(15,16)17/h2-5H,6H2,1H3,(H2,18,21)(H,19,20,22). The zero-order chi connectivity index (χ0) is 17.9. The molecule has 5 nitrogen and oxygen atoms in total. The number of hydrogen-bond acceptors (Lipinski definition) is 5. The van der Waals surface area contributed by atoms with Crippen LogP contribution in [0.15, 0.2) is 28.5 Å². The molecule has 2 aromatic rings. The third-order valence-electron chi connectivity index (χ3n) is 2.77. The van der Waals surface area contributed by atoms with E-state index in [-0.39, 0.29) is 16.4 Å². The maximum absolute atomic E-state index is 12.7. The Morgan fingerprint density at radius 3 is 2.71 bits per heavy atom. The molecule has 1 aromatic carbocycles. The number of alkyl halides is 3. The number of carbonyl (C=O) groups excluding carboxylic acids is 2. The minimum absolute atomic E-state index is 0.0735. The molecule has 1 heterocycles. The van der Waals surface area contributed by atoms with Gasteiger partial charge >= 0.3 is 6.18 Å². The van der Waals surface area contributed by atoms with Crippen LogP contribution < -0.4 is 11.1 Å². The van der Waals surface area contributed by atoms with Crippen molar-refractivity contribution in [1.82, 2.24) is 4.98 Å². The number of aromatic nitrogens is 1. The second-order valence-electron chi connectivity index (χ2n) is 4.68. The molecule has 0 unspecified atom stereocenters. The Balaban J connectivity index is 2.13. The molecule has 2 rings (SSSR count). The Morgan fingerprint density at radius 1 is 1.38 bits per heavy atom. The molecule has 10 heteroatoms. The van der Waals surface area contributed by atoms with Crippen LogP contribution in [-0.4, -0.2) is 22.6 Å². The van der Waals surface area contributed by atoms with Gasteiger partial charge in [0.25, 0.3) is 5.91 Å². The van der Waals surface area contributed by atoms with Gasteiger partial charge in [-0.3, -0.25) is 14.9 Å². The van der Waals surface area contributed by atoms with E-state index in [2.05, 4.69) is 10.3 Å². The van der Waals surface area contributed by atoms with Crippen molar-refractivity contribution in [2.75, 3.05) is 11.1 Å². The summed E-state index contributed by atoms with van der Waals surface area (Å²) in [5, 5.41) is 2.70. The van der Waals surface area contributed by atoms with Crippen LogP contribution in [-0.2, 0) is 11.0 Å². The van der Waals surface area contributed by atoms with Crippen molar-refractivity contribution in [3.8, 4) is 0 Å². The van der Waals surface area contributed by atoms with Crippen LogP contribution in [0.2, 0.25) is 0 Å². The van der Waals surface area contributed by atoms with E-state index in [1.165, 1.54) is 23.9 Å². The number of nitrogens with two attached hydrogens (primary N) is 1. The highest BCUT2D eigenvalue weighted by Crippen LogP contribution is 2.32. The average molecular weight is 375 g/mol. The number of carbonyl (C=O) groups is 2. The minimum Gasteiger partial charge on any atom is -0.369 e. The minimum atomic E-state index is -4.52. The lowest BCUT2D eigenvalue weighted by molar-refractivity contribution is -0.137. The van der Waals surface area contributed by atoms with Crippen molar-refractivity contribution in [3.05, 3.63) is 41.1 Å². The number of benzene rings is 1. The van der Waals surface area contributed by atoms with Crippen molar-refractivity contribution in [2.45, 2.75) is 17.3 Å². The summed E-state index contributed by atoms with van der Waals surface area (Å²) >= 11 is 2.31. The number of hydrogen-bond donors (Lipinski definition) is 2. The summed E-state index contributed by atoms with van der Waals surface area (Å²) in [4.78, 5) is 27.0. The van der Waals surface area contributed by atoms with E-state index in [0.717, 1.165) is 23.5 Å². The van der Waals surface area contributed by atoms with Gasteiger partial charge < -0.3 is 5.73 Å². The van der Waals surface area contributed by atoms with Gasteiger partial charge in [-0.2, -0.15) is 13.2 Å². The zero-order valence-electron chi connectivity index (χ0n) is 12.3. The third kappa shape index (κ3) is 4.71. The SMILES string of the molecule is Cc1nc(NC(=O)c2cccc(C(F)(F)F)c2)sc1SCC(N)=O. The highest BCUT2D eigenvalue weighted by atomic mass is 32.2. The molecule has 2 amide bonds. The van der Waals surface area contributed by atoms with Gasteiger partial charge in [-0.1, -0.05) is 17.4 Å². The van der Waals surface area contributed by atoms with Crippen LogP contribution in [0.5, 0.6) is 0 Å². The van der Waals surface area contributed by atoms with Crippen LogP contribution in [0.1, 0.15) is 21.6 Å². The Hall–Kier alpha value is -2.07. The fourth-order valence-electron chi connectivity index (χ4n) is 1.71. The molecule has 0 aliphatic heterocycles.